The van der Waals surface area contributed by atoms with E-state index in [1.807, 2.05) is 36.4 Å². The van der Waals surface area contributed by atoms with Gasteiger partial charge >= 0.3 is 0 Å². The van der Waals surface area contributed by atoms with Crippen LogP contribution >= 0.6 is 22.6 Å². The standard InChI is InChI=1S/C33H27IN4O5/c1-22-8-17-30(25-6-4-3-5-7-25)37(22)27-15-11-26(12-16-27)33(39)36-35-20-24-18-29(34)32(31(19-24)42-2)43-21-23-9-13-28(14-10-23)38(40)41/h3-20H,21H2,1-2H3,(H,36,39)/b35-20+. The molecule has 1 N–H and O–H groups in total. The van der Waals surface area contributed by atoms with Crippen molar-refractivity contribution in [2.45, 2.75) is 13.5 Å². The smallest absolute Gasteiger partial charge is 0.271 e. The summed E-state index contributed by atoms with van der Waals surface area (Å²) in [6.45, 7) is 2.26. The first-order chi connectivity index (χ1) is 20.8. The highest BCUT2D eigenvalue weighted by molar-refractivity contribution is 14.1. The average molecular weight is 687 g/mol. The third kappa shape index (κ3) is 6.92. The predicted molar refractivity (Wildman–Crippen MR) is 174 cm³/mol. The molecule has 0 fully saturated rings. The highest BCUT2D eigenvalue weighted by Gasteiger charge is 2.13. The molecule has 1 heterocycles. The number of carbonyl (C=O) groups is 1. The maximum atomic E-state index is 12.8. The molecular formula is C33H27IN4O5. The summed E-state index contributed by atoms with van der Waals surface area (Å²) in [5, 5.41) is 15.0. The number of nitro benzene ring substituents is 1. The molecule has 5 rings (SSSR count). The fraction of sp³-hybridized carbons (Fsp3) is 0.0909. The number of carbonyl (C=O) groups excluding carboxylic acids is 1. The topological polar surface area (TPSA) is 108 Å². The van der Waals surface area contributed by atoms with Gasteiger partial charge in [-0.2, -0.15) is 5.10 Å². The third-order valence-electron chi connectivity index (χ3n) is 6.70. The van der Waals surface area contributed by atoms with Gasteiger partial charge in [0.25, 0.3) is 11.6 Å². The van der Waals surface area contributed by atoms with Gasteiger partial charge in [0.2, 0.25) is 0 Å². The Morgan fingerprint density at radius 3 is 2.40 bits per heavy atom. The Hall–Kier alpha value is -4.97. The van der Waals surface area contributed by atoms with Crippen LogP contribution in [0.25, 0.3) is 16.9 Å². The lowest BCUT2D eigenvalue weighted by Gasteiger charge is -2.13. The minimum absolute atomic E-state index is 0.0214. The molecule has 0 saturated carbocycles. The number of aryl methyl sites for hydroxylation is 1. The second kappa shape index (κ2) is 13.3. The Labute approximate surface area is 262 Å². The van der Waals surface area contributed by atoms with Gasteiger partial charge in [-0.1, -0.05) is 30.3 Å². The molecule has 5 aromatic rings. The fourth-order valence-corrected chi connectivity index (χ4v) is 5.31. The SMILES string of the molecule is COc1cc(/C=N/NC(=O)c2ccc(-n3c(C)ccc3-c3ccccc3)cc2)cc(I)c1OCc1ccc([N+](=O)[O-])cc1. The molecule has 0 aliphatic heterocycles. The molecule has 0 aliphatic carbocycles. The Kier molecular flexibility index (Phi) is 9.16. The number of nitrogens with one attached hydrogen (secondary N) is 1. The van der Waals surface area contributed by atoms with E-state index in [0.717, 1.165) is 31.8 Å². The molecule has 1 amide bonds. The number of nitro groups is 1. The van der Waals surface area contributed by atoms with Gasteiger partial charge in [0.1, 0.15) is 6.61 Å². The highest BCUT2D eigenvalue weighted by atomic mass is 127. The number of hydrogen-bond donors (Lipinski definition) is 1. The Morgan fingerprint density at radius 2 is 1.72 bits per heavy atom. The van der Waals surface area contributed by atoms with Gasteiger partial charge in [-0.3, -0.25) is 14.9 Å². The molecule has 4 aromatic carbocycles. The van der Waals surface area contributed by atoms with Crippen molar-refractivity contribution < 1.29 is 19.2 Å². The van der Waals surface area contributed by atoms with E-state index in [4.69, 9.17) is 9.47 Å². The monoisotopic (exact) mass is 686 g/mol. The van der Waals surface area contributed by atoms with Gasteiger partial charge in [0.15, 0.2) is 11.5 Å². The number of nitrogens with zero attached hydrogens (tertiary/aromatic N) is 3. The van der Waals surface area contributed by atoms with E-state index in [2.05, 4.69) is 68.9 Å². The maximum Gasteiger partial charge on any atom is 0.271 e. The second-order valence-corrected chi connectivity index (χ2v) is 10.7. The van der Waals surface area contributed by atoms with Gasteiger partial charge in [-0.15, -0.1) is 0 Å². The molecule has 0 atom stereocenters. The van der Waals surface area contributed by atoms with E-state index in [0.29, 0.717) is 22.6 Å². The summed E-state index contributed by atoms with van der Waals surface area (Å²) in [4.78, 5) is 23.2. The number of halogens is 1. The molecule has 0 saturated heterocycles. The molecule has 43 heavy (non-hydrogen) atoms. The van der Waals surface area contributed by atoms with Crippen molar-refractivity contribution in [3.05, 3.63) is 139 Å². The van der Waals surface area contributed by atoms with Crippen LogP contribution in [0.2, 0.25) is 0 Å². The van der Waals surface area contributed by atoms with E-state index in [1.54, 1.807) is 30.3 Å². The highest BCUT2D eigenvalue weighted by Crippen LogP contribution is 2.34. The lowest BCUT2D eigenvalue weighted by molar-refractivity contribution is -0.384. The molecule has 0 bridgehead atoms. The lowest BCUT2D eigenvalue weighted by Crippen LogP contribution is -2.17. The summed E-state index contributed by atoms with van der Waals surface area (Å²) in [6.07, 6.45) is 1.53. The zero-order chi connectivity index (χ0) is 30.3. The summed E-state index contributed by atoms with van der Waals surface area (Å²) >= 11 is 2.14. The van der Waals surface area contributed by atoms with Crippen molar-refractivity contribution in [2.24, 2.45) is 5.10 Å². The van der Waals surface area contributed by atoms with Crippen LogP contribution in [0.4, 0.5) is 5.69 Å². The van der Waals surface area contributed by atoms with Crippen LogP contribution in [-0.4, -0.2) is 28.7 Å². The van der Waals surface area contributed by atoms with Gasteiger partial charge < -0.3 is 14.0 Å². The largest absolute Gasteiger partial charge is 0.493 e. The number of benzene rings is 4. The molecule has 9 nitrogen and oxygen atoms in total. The number of non-ortho nitro benzene ring substituents is 1. The number of hydrogen-bond acceptors (Lipinski definition) is 6. The number of methoxy groups -OCH3 is 1. The van der Waals surface area contributed by atoms with Gasteiger partial charge in [0, 0.05) is 29.1 Å². The van der Waals surface area contributed by atoms with Crippen LogP contribution in [0.1, 0.15) is 27.2 Å². The Balaban J connectivity index is 1.23. The van der Waals surface area contributed by atoms with Crippen molar-refractivity contribution in [3.8, 4) is 28.4 Å². The molecule has 10 heteroatoms. The van der Waals surface area contributed by atoms with E-state index < -0.39 is 4.92 Å². The summed E-state index contributed by atoms with van der Waals surface area (Å²) < 4.78 is 14.4. The zero-order valence-corrected chi connectivity index (χ0v) is 25.5. The predicted octanol–water partition coefficient (Wildman–Crippen LogP) is 7.32. The van der Waals surface area contributed by atoms with Gasteiger partial charge in [-0.05, 0) is 107 Å². The van der Waals surface area contributed by atoms with Gasteiger partial charge in [0.05, 0.1) is 27.5 Å². The molecule has 1 aromatic heterocycles. The fourth-order valence-electron chi connectivity index (χ4n) is 4.53. The number of aromatic nitrogens is 1. The molecule has 0 aliphatic rings. The number of hydrazone groups is 1. The first kappa shape index (κ1) is 29.5. The van der Waals surface area contributed by atoms with Crippen LogP contribution < -0.4 is 14.9 Å². The van der Waals surface area contributed by atoms with Crippen LogP contribution in [0.3, 0.4) is 0 Å². The number of ether oxygens (including phenoxy) is 2. The van der Waals surface area contributed by atoms with E-state index >= 15 is 0 Å². The number of amides is 1. The summed E-state index contributed by atoms with van der Waals surface area (Å²) in [7, 11) is 1.54. The molecule has 0 spiro atoms. The van der Waals surface area contributed by atoms with Crippen LogP contribution in [-0.2, 0) is 6.61 Å². The zero-order valence-electron chi connectivity index (χ0n) is 23.4. The van der Waals surface area contributed by atoms with Crippen molar-refractivity contribution in [2.75, 3.05) is 7.11 Å². The maximum absolute atomic E-state index is 12.8. The summed E-state index contributed by atoms with van der Waals surface area (Å²) in [5.74, 6) is 0.698. The summed E-state index contributed by atoms with van der Waals surface area (Å²) in [6, 6.07) is 31.5. The second-order valence-electron chi connectivity index (χ2n) is 9.55. The third-order valence-corrected chi connectivity index (χ3v) is 7.50. The van der Waals surface area contributed by atoms with E-state index in [9.17, 15) is 14.9 Å². The van der Waals surface area contributed by atoms with Crippen LogP contribution in [0.15, 0.2) is 108 Å². The minimum atomic E-state index is -0.442. The first-order valence-electron chi connectivity index (χ1n) is 13.3. The van der Waals surface area contributed by atoms with Crippen molar-refractivity contribution in [1.82, 2.24) is 9.99 Å². The van der Waals surface area contributed by atoms with E-state index in [-0.39, 0.29) is 18.2 Å². The van der Waals surface area contributed by atoms with Crippen molar-refractivity contribution >= 4 is 40.4 Å². The van der Waals surface area contributed by atoms with Crippen molar-refractivity contribution in [1.29, 1.82) is 0 Å². The molecule has 0 unspecified atom stereocenters. The van der Waals surface area contributed by atoms with Gasteiger partial charge in [-0.25, -0.2) is 5.43 Å². The molecule has 216 valence electrons. The number of rotatable bonds is 10. The quantitative estimate of drug-likeness (QED) is 0.0718. The van der Waals surface area contributed by atoms with Crippen LogP contribution in [0.5, 0.6) is 11.5 Å². The average Bonchev–Trinajstić information content (AvgIpc) is 3.42. The Morgan fingerprint density at radius 1 is 1.00 bits per heavy atom. The Bertz CT molecular complexity index is 1780. The minimum Gasteiger partial charge on any atom is -0.493 e. The molecular weight excluding hydrogens is 659 g/mol. The van der Waals surface area contributed by atoms with Crippen LogP contribution in [0, 0.1) is 20.6 Å². The lowest BCUT2D eigenvalue weighted by atomic mass is 10.1. The molecule has 0 radical (unpaired) electrons. The first-order valence-corrected chi connectivity index (χ1v) is 14.3. The van der Waals surface area contributed by atoms with Crippen molar-refractivity contribution in [3.63, 3.8) is 0 Å². The van der Waals surface area contributed by atoms with E-state index in [1.165, 1.54) is 25.5 Å². The summed E-state index contributed by atoms with van der Waals surface area (Å²) in [5.41, 5.74) is 8.81. The normalized spacial score (nSPS) is 11.0.